The summed E-state index contributed by atoms with van der Waals surface area (Å²) in [5, 5.41) is 11.6. The van der Waals surface area contributed by atoms with Gasteiger partial charge in [0.15, 0.2) is 0 Å². The van der Waals surface area contributed by atoms with Gasteiger partial charge in [0.1, 0.15) is 0 Å². The maximum atomic E-state index is 13.0. The summed E-state index contributed by atoms with van der Waals surface area (Å²) in [7, 11) is -3.48. The highest BCUT2D eigenvalue weighted by Crippen LogP contribution is 2.28. The molecule has 1 atom stereocenters. The molecule has 138 valence electrons. The van der Waals surface area contributed by atoms with Gasteiger partial charge in [-0.3, -0.25) is 4.79 Å². The van der Waals surface area contributed by atoms with Crippen molar-refractivity contribution in [3.8, 4) is 0 Å². The summed E-state index contributed by atoms with van der Waals surface area (Å²) in [4.78, 5) is 11.0. The Balaban J connectivity index is 1.70. The second kappa shape index (κ2) is 7.85. The normalized spacial score (nSPS) is 21.7. The van der Waals surface area contributed by atoms with Crippen LogP contribution in [0, 0.1) is 5.92 Å². The van der Waals surface area contributed by atoms with Crippen LogP contribution in [0.2, 0.25) is 0 Å². The van der Waals surface area contributed by atoms with E-state index < -0.39 is 16.0 Å². The molecule has 2 N–H and O–H groups in total. The van der Waals surface area contributed by atoms with Gasteiger partial charge in [-0.25, -0.2) is 8.42 Å². The average Bonchev–Trinajstić information content (AvgIpc) is 2.61. The van der Waals surface area contributed by atoms with E-state index in [-0.39, 0.29) is 12.5 Å². The van der Waals surface area contributed by atoms with Crippen molar-refractivity contribution in [3.63, 3.8) is 0 Å². The van der Waals surface area contributed by atoms with Gasteiger partial charge in [-0.1, -0.05) is 6.07 Å². The Labute approximate surface area is 149 Å². The SMILES string of the molecule is O=C(O)CNCC1CCCN(S(=O)(=O)c2ccc3c(c2)CCCC3)C1. The standard InChI is InChI=1S/C18H26N2O4S/c21-18(22)12-19-11-14-4-3-9-20(13-14)25(23,24)17-8-7-15-5-1-2-6-16(15)10-17/h7-8,10,14,19H,1-6,9,11-13H2,(H,21,22). The van der Waals surface area contributed by atoms with Gasteiger partial charge in [-0.05, 0) is 74.2 Å². The van der Waals surface area contributed by atoms with Crippen molar-refractivity contribution in [1.82, 2.24) is 9.62 Å². The van der Waals surface area contributed by atoms with Crippen molar-refractivity contribution in [2.24, 2.45) is 5.92 Å². The van der Waals surface area contributed by atoms with Gasteiger partial charge in [-0.15, -0.1) is 0 Å². The largest absolute Gasteiger partial charge is 0.480 e. The Morgan fingerprint density at radius 3 is 2.72 bits per heavy atom. The van der Waals surface area contributed by atoms with Gasteiger partial charge in [-0.2, -0.15) is 4.31 Å². The van der Waals surface area contributed by atoms with Gasteiger partial charge < -0.3 is 10.4 Å². The van der Waals surface area contributed by atoms with Crippen LogP contribution in [0.4, 0.5) is 0 Å². The van der Waals surface area contributed by atoms with Gasteiger partial charge in [0.05, 0.1) is 11.4 Å². The predicted octanol–water partition coefficient (Wildman–Crippen LogP) is 1.64. The Hall–Kier alpha value is -1.44. The molecule has 1 fully saturated rings. The molecular formula is C18H26N2O4S. The van der Waals surface area contributed by atoms with Crippen LogP contribution >= 0.6 is 0 Å². The molecule has 1 aromatic rings. The second-order valence-corrected chi connectivity index (χ2v) is 8.97. The second-order valence-electron chi connectivity index (χ2n) is 7.03. The Kier molecular flexibility index (Phi) is 5.76. The quantitative estimate of drug-likeness (QED) is 0.799. The van der Waals surface area contributed by atoms with Crippen molar-refractivity contribution < 1.29 is 18.3 Å². The highest BCUT2D eigenvalue weighted by molar-refractivity contribution is 7.89. The van der Waals surface area contributed by atoms with Crippen LogP contribution in [0.3, 0.4) is 0 Å². The lowest BCUT2D eigenvalue weighted by molar-refractivity contribution is -0.136. The maximum absolute atomic E-state index is 13.0. The zero-order valence-electron chi connectivity index (χ0n) is 14.4. The van der Waals surface area contributed by atoms with E-state index in [9.17, 15) is 13.2 Å². The highest BCUT2D eigenvalue weighted by atomic mass is 32.2. The number of fused-ring (bicyclic) bond motifs is 1. The molecule has 3 rings (SSSR count). The van der Waals surface area contributed by atoms with E-state index in [0.717, 1.165) is 32.1 Å². The molecule has 1 aliphatic carbocycles. The minimum absolute atomic E-state index is 0.0892. The third-order valence-corrected chi connectivity index (χ3v) is 7.01. The van der Waals surface area contributed by atoms with Crippen molar-refractivity contribution in [2.45, 2.75) is 43.4 Å². The minimum Gasteiger partial charge on any atom is -0.480 e. The lowest BCUT2D eigenvalue weighted by Crippen LogP contribution is -2.43. The number of nitrogens with one attached hydrogen (secondary N) is 1. The van der Waals surface area contributed by atoms with E-state index in [0.29, 0.717) is 24.5 Å². The van der Waals surface area contributed by atoms with E-state index in [1.165, 1.54) is 17.5 Å². The van der Waals surface area contributed by atoms with E-state index in [4.69, 9.17) is 5.11 Å². The molecule has 1 aromatic carbocycles. The summed E-state index contributed by atoms with van der Waals surface area (Å²) in [6.07, 6.45) is 6.03. The van der Waals surface area contributed by atoms with Gasteiger partial charge in [0.2, 0.25) is 10.0 Å². The van der Waals surface area contributed by atoms with Crippen molar-refractivity contribution in [2.75, 3.05) is 26.2 Å². The van der Waals surface area contributed by atoms with Gasteiger partial charge in [0.25, 0.3) is 0 Å². The Morgan fingerprint density at radius 2 is 1.96 bits per heavy atom. The first kappa shape index (κ1) is 18.4. The predicted molar refractivity (Wildman–Crippen MR) is 95.1 cm³/mol. The van der Waals surface area contributed by atoms with Crippen molar-refractivity contribution in [1.29, 1.82) is 0 Å². The zero-order valence-corrected chi connectivity index (χ0v) is 15.2. The number of benzene rings is 1. The monoisotopic (exact) mass is 366 g/mol. The first-order valence-electron chi connectivity index (χ1n) is 9.01. The van der Waals surface area contributed by atoms with Crippen LogP contribution in [-0.2, 0) is 27.7 Å². The van der Waals surface area contributed by atoms with E-state index in [1.54, 1.807) is 10.4 Å². The molecule has 6 nitrogen and oxygen atoms in total. The molecule has 1 aliphatic heterocycles. The molecule has 0 radical (unpaired) electrons. The number of aliphatic carboxylic acids is 1. The molecular weight excluding hydrogens is 340 g/mol. The molecule has 0 amide bonds. The summed E-state index contributed by atoms with van der Waals surface area (Å²) >= 11 is 0. The van der Waals surface area contributed by atoms with Gasteiger partial charge in [0, 0.05) is 13.1 Å². The topological polar surface area (TPSA) is 86.7 Å². The van der Waals surface area contributed by atoms with Crippen LogP contribution in [-0.4, -0.2) is 50.0 Å². The fourth-order valence-corrected chi connectivity index (χ4v) is 5.42. The number of carboxylic acid groups (broad SMARTS) is 1. The number of rotatable bonds is 6. The van der Waals surface area contributed by atoms with E-state index >= 15 is 0 Å². The number of hydrogen-bond donors (Lipinski definition) is 2. The molecule has 0 aromatic heterocycles. The third-order valence-electron chi connectivity index (χ3n) is 5.15. The molecule has 1 saturated heterocycles. The Morgan fingerprint density at radius 1 is 1.20 bits per heavy atom. The van der Waals surface area contributed by atoms with Gasteiger partial charge >= 0.3 is 5.97 Å². The summed E-state index contributed by atoms with van der Waals surface area (Å²) < 4.78 is 27.6. The molecule has 25 heavy (non-hydrogen) atoms. The van der Waals surface area contributed by atoms with Crippen LogP contribution in [0.15, 0.2) is 23.1 Å². The third kappa shape index (κ3) is 4.40. The molecule has 0 spiro atoms. The number of hydrogen-bond acceptors (Lipinski definition) is 4. The van der Waals surface area contributed by atoms with E-state index in [1.807, 2.05) is 12.1 Å². The fraction of sp³-hybridized carbons (Fsp3) is 0.611. The molecule has 2 aliphatic rings. The van der Waals surface area contributed by atoms with Crippen molar-refractivity contribution >= 4 is 16.0 Å². The maximum Gasteiger partial charge on any atom is 0.317 e. The molecule has 0 saturated carbocycles. The Bertz CT molecular complexity index is 733. The highest BCUT2D eigenvalue weighted by Gasteiger charge is 2.30. The van der Waals surface area contributed by atoms with Crippen LogP contribution in [0.1, 0.15) is 36.8 Å². The number of carbonyl (C=O) groups is 1. The smallest absolute Gasteiger partial charge is 0.317 e. The molecule has 0 bridgehead atoms. The lowest BCUT2D eigenvalue weighted by atomic mass is 9.92. The lowest BCUT2D eigenvalue weighted by Gasteiger charge is -2.32. The fourth-order valence-electron chi connectivity index (χ4n) is 3.81. The van der Waals surface area contributed by atoms with Crippen molar-refractivity contribution in [3.05, 3.63) is 29.3 Å². The molecule has 1 heterocycles. The summed E-state index contributed by atoms with van der Waals surface area (Å²) in [6.45, 7) is 1.43. The summed E-state index contributed by atoms with van der Waals surface area (Å²) in [6, 6.07) is 5.57. The number of sulfonamides is 1. The number of aryl methyl sites for hydroxylation is 2. The average molecular weight is 366 g/mol. The number of nitrogens with zero attached hydrogens (tertiary/aromatic N) is 1. The first-order valence-corrected chi connectivity index (χ1v) is 10.5. The van der Waals surface area contributed by atoms with E-state index in [2.05, 4.69) is 5.32 Å². The summed E-state index contributed by atoms with van der Waals surface area (Å²) in [5.74, 6) is -0.741. The number of piperidine rings is 1. The van der Waals surface area contributed by atoms with Crippen LogP contribution in [0.5, 0.6) is 0 Å². The number of carboxylic acids is 1. The molecule has 1 unspecified atom stereocenters. The van der Waals surface area contributed by atoms with Crippen LogP contribution < -0.4 is 5.32 Å². The zero-order chi connectivity index (χ0) is 17.9. The minimum atomic E-state index is -3.48. The van der Waals surface area contributed by atoms with Crippen LogP contribution in [0.25, 0.3) is 0 Å². The molecule has 7 heteroatoms. The first-order chi connectivity index (χ1) is 12.0. The summed E-state index contributed by atoms with van der Waals surface area (Å²) in [5.41, 5.74) is 2.45.